The highest BCUT2D eigenvalue weighted by Gasteiger charge is 2.20. The summed E-state index contributed by atoms with van der Waals surface area (Å²) in [6.45, 7) is 3.55. The Morgan fingerprint density at radius 1 is 1.50 bits per heavy atom. The summed E-state index contributed by atoms with van der Waals surface area (Å²) in [5.41, 5.74) is 0.970. The molecular weight excluding hydrogens is 206 g/mol. The predicted octanol–water partition coefficient (Wildman–Crippen LogP) is 1.45. The molecule has 1 aliphatic rings. The summed E-state index contributed by atoms with van der Waals surface area (Å²) >= 11 is 0. The van der Waals surface area contributed by atoms with E-state index < -0.39 is 0 Å². The molecule has 2 atom stereocenters. The zero-order valence-electron chi connectivity index (χ0n) is 9.56. The van der Waals surface area contributed by atoms with Crippen LogP contribution in [0.2, 0.25) is 0 Å². The van der Waals surface area contributed by atoms with Crippen LogP contribution in [0.4, 0.5) is 0 Å². The van der Waals surface area contributed by atoms with E-state index in [9.17, 15) is 5.11 Å². The minimum absolute atomic E-state index is 0.00741. The third-order valence-corrected chi connectivity index (χ3v) is 2.77. The topological polar surface area (TPSA) is 50.7 Å². The standard InChI is InChI=1S/C12H17NO3/c1-8-7-16-12(6-13-8)9-3-4-11(15-2)10(14)5-9/h3-5,8,12-14H,6-7H2,1-2H3. The van der Waals surface area contributed by atoms with Crippen molar-refractivity contribution < 1.29 is 14.6 Å². The summed E-state index contributed by atoms with van der Waals surface area (Å²) in [5.74, 6) is 0.642. The van der Waals surface area contributed by atoms with Gasteiger partial charge >= 0.3 is 0 Å². The van der Waals surface area contributed by atoms with E-state index >= 15 is 0 Å². The summed E-state index contributed by atoms with van der Waals surface area (Å²) in [7, 11) is 1.54. The van der Waals surface area contributed by atoms with Crippen LogP contribution >= 0.6 is 0 Å². The lowest BCUT2D eigenvalue weighted by Crippen LogP contribution is -2.40. The van der Waals surface area contributed by atoms with Gasteiger partial charge in [0.1, 0.15) is 0 Å². The third kappa shape index (κ3) is 2.28. The monoisotopic (exact) mass is 223 g/mol. The molecule has 1 fully saturated rings. The highest BCUT2D eigenvalue weighted by Crippen LogP contribution is 2.30. The number of hydrogen-bond acceptors (Lipinski definition) is 4. The number of benzene rings is 1. The number of phenolic OH excluding ortho intramolecular Hbond substituents is 1. The van der Waals surface area contributed by atoms with Crippen molar-refractivity contribution in [1.29, 1.82) is 0 Å². The van der Waals surface area contributed by atoms with Crippen LogP contribution in [0.5, 0.6) is 11.5 Å². The number of hydrogen-bond donors (Lipinski definition) is 2. The largest absolute Gasteiger partial charge is 0.504 e. The average molecular weight is 223 g/mol. The predicted molar refractivity (Wildman–Crippen MR) is 60.8 cm³/mol. The molecule has 1 heterocycles. The molecule has 1 aliphatic heterocycles. The lowest BCUT2D eigenvalue weighted by molar-refractivity contribution is 0.00682. The lowest BCUT2D eigenvalue weighted by Gasteiger charge is -2.28. The van der Waals surface area contributed by atoms with Crippen LogP contribution in [-0.2, 0) is 4.74 Å². The fourth-order valence-corrected chi connectivity index (χ4v) is 1.81. The fourth-order valence-electron chi connectivity index (χ4n) is 1.81. The van der Waals surface area contributed by atoms with Crippen molar-refractivity contribution >= 4 is 0 Å². The number of rotatable bonds is 2. The molecule has 2 rings (SSSR count). The number of ether oxygens (including phenoxy) is 2. The summed E-state index contributed by atoms with van der Waals surface area (Å²) in [5, 5.41) is 13.0. The van der Waals surface area contributed by atoms with E-state index in [0.717, 1.165) is 12.1 Å². The van der Waals surface area contributed by atoms with Crippen molar-refractivity contribution in [2.75, 3.05) is 20.3 Å². The first-order valence-corrected chi connectivity index (χ1v) is 5.42. The molecule has 4 heteroatoms. The van der Waals surface area contributed by atoms with Crippen molar-refractivity contribution in [1.82, 2.24) is 5.32 Å². The summed E-state index contributed by atoms with van der Waals surface area (Å²) < 4.78 is 10.7. The van der Waals surface area contributed by atoms with Crippen LogP contribution in [0.1, 0.15) is 18.6 Å². The van der Waals surface area contributed by atoms with Gasteiger partial charge in [-0.3, -0.25) is 0 Å². The molecule has 0 aliphatic carbocycles. The zero-order valence-corrected chi connectivity index (χ0v) is 9.56. The molecule has 0 bridgehead atoms. The maximum atomic E-state index is 9.67. The Balaban J connectivity index is 2.12. The molecule has 4 nitrogen and oxygen atoms in total. The first-order chi connectivity index (χ1) is 7.70. The van der Waals surface area contributed by atoms with Crippen LogP contribution in [0.25, 0.3) is 0 Å². The van der Waals surface area contributed by atoms with Crippen LogP contribution in [0, 0.1) is 0 Å². The molecule has 0 saturated carbocycles. The second-order valence-corrected chi connectivity index (χ2v) is 4.06. The molecule has 88 valence electrons. The van der Waals surface area contributed by atoms with Crippen LogP contribution in [-0.4, -0.2) is 31.4 Å². The SMILES string of the molecule is COc1ccc(C2CNC(C)CO2)cc1O. The van der Waals surface area contributed by atoms with E-state index in [1.165, 1.54) is 7.11 Å². The van der Waals surface area contributed by atoms with Crippen LogP contribution in [0.3, 0.4) is 0 Å². The van der Waals surface area contributed by atoms with Crippen LogP contribution < -0.4 is 10.1 Å². The lowest BCUT2D eigenvalue weighted by atomic mass is 10.1. The van der Waals surface area contributed by atoms with Crippen molar-refractivity contribution in [3.05, 3.63) is 23.8 Å². The molecule has 1 aromatic rings. The van der Waals surface area contributed by atoms with E-state index in [2.05, 4.69) is 12.2 Å². The Kier molecular flexibility index (Phi) is 3.31. The highest BCUT2D eigenvalue weighted by molar-refractivity contribution is 5.42. The van der Waals surface area contributed by atoms with Gasteiger partial charge in [-0.25, -0.2) is 0 Å². The molecule has 1 saturated heterocycles. The van der Waals surface area contributed by atoms with Crippen molar-refractivity contribution in [2.45, 2.75) is 19.1 Å². The molecule has 0 amide bonds. The minimum Gasteiger partial charge on any atom is -0.504 e. The normalized spacial score (nSPS) is 25.4. The van der Waals surface area contributed by atoms with E-state index in [1.54, 1.807) is 12.1 Å². The van der Waals surface area contributed by atoms with Gasteiger partial charge in [-0.15, -0.1) is 0 Å². The van der Waals surface area contributed by atoms with Gasteiger partial charge in [-0.1, -0.05) is 6.07 Å². The van der Waals surface area contributed by atoms with Gasteiger partial charge < -0.3 is 19.9 Å². The second-order valence-electron chi connectivity index (χ2n) is 4.06. The van der Waals surface area contributed by atoms with Gasteiger partial charge in [0, 0.05) is 12.6 Å². The number of nitrogens with one attached hydrogen (secondary N) is 1. The van der Waals surface area contributed by atoms with E-state index in [-0.39, 0.29) is 11.9 Å². The molecule has 16 heavy (non-hydrogen) atoms. The van der Waals surface area contributed by atoms with Crippen molar-refractivity contribution in [3.63, 3.8) is 0 Å². The smallest absolute Gasteiger partial charge is 0.160 e. The van der Waals surface area contributed by atoms with Crippen molar-refractivity contribution in [2.24, 2.45) is 0 Å². The Morgan fingerprint density at radius 2 is 2.31 bits per heavy atom. The van der Waals surface area contributed by atoms with Crippen LogP contribution in [0.15, 0.2) is 18.2 Å². The quantitative estimate of drug-likeness (QED) is 0.796. The Morgan fingerprint density at radius 3 is 2.88 bits per heavy atom. The van der Waals surface area contributed by atoms with E-state index in [0.29, 0.717) is 18.4 Å². The maximum Gasteiger partial charge on any atom is 0.160 e. The summed E-state index contributed by atoms with van der Waals surface area (Å²) in [4.78, 5) is 0. The molecule has 0 radical (unpaired) electrons. The molecule has 2 unspecified atom stereocenters. The summed E-state index contributed by atoms with van der Waals surface area (Å²) in [6, 6.07) is 5.76. The van der Waals surface area contributed by atoms with Gasteiger partial charge in [0.15, 0.2) is 11.5 Å². The van der Waals surface area contributed by atoms with E-state index in [1.807, 2.05) is 6.07 Å². The first kappa shape index (κ1) is 11.2. The Labute approximate surface area is 95.2 Å². The minimum atomic E-state index is 0.00741. The number of aromatic hydroxyl groups is 1. The molecular formula is C12H17NO3. The number of methoxy groups -OCH3 is 1. The average Bonchev–Trinajstić information content (AvgIpc) is 2.30. The van der Waals surface area contributed by atoms with Gasteiger partial charge in [-0.2, -0.15) is 0 Å². The van der Waals surface area contributed by atoms with Gasteiger partial charge in [-0.05, 0) is 24.6 Å². The molecule has 0 spiro atoms. The van der Waals surface area contributed by atoms with Gasteiger partial charge in [0.2, 0.25) is 0 Å². The number of phenols is 1. The Bertz CT molecular complexity index is 359. The molecule has 2 N–H and O–H groups in total. The van der Waals surface area contributed by atoms with Gasteiger partial charge in [0.05, 0.1) is 19.8 Å². The maximum absolute atomic E-state index is 9.67. The zero-order chi connectivity index (χ0) is 11.5. The Hall–Kier alpha value is -1.26. The molecule has 0 aromatic heterocycles. The third-order valence-electron chi connectivity index (χ3n) is 2.77. The summed E-state index contributed by atoms with van der Waals surface area (Å²) in [6.07, 6.45) is 0.00741. The second kappa shape index (κ2) is 4.72. The number of morpholine rings is 1. The van der Waals surface area contributed by atoms with Gasteiger partial charge in [0.25, 0.3) is 0 Å². The van der Waals surface area contributed by atoms with Crippen molar-refractivity contribution in [3.8, 4) is 11.5 Å². The molecule has 1 aromatic carbocycles. The van der Waals surface area contributed by atoms with E-state index in [4.69, 9.17) is 9.47 Å². The highest BCUT2D eigenvalue weighted by atomic mass is 16.5. The fraction of sp³-hybridized carbons (Fsp3) is 0.500. The first-order valence-electron chi connectivity index (χ1n) is 5.42.